The number of pyridine rings is 1. The van der Waals surface area contributed by atoms with Crippen molar-refractivity contribution in [1.82, 2.24) is 9.88 Å². The Morgan fingerprint density at radius 1 is 1.16 bits per heavy atom. The molecule has 3 aromatic rings. The molecule has 0 saturated carbocycles. The summed E-state index contributed by atoms with van der Waals surface area (Å²) in [5, 5.41) is 13.1. The number of carbonyl (C=O) groups is 1. The lowest BCUT2D eigenvalue weighted by atomic mass is 10.2. The zero-order valence-corrected chi connectivity index (χ0v) is 13.6. The highest BCUT2D eigenvalue weighted by molar-refractivity contribution is 5.89. The lowest BCUT2D eigenvalue weighted by Gasteiger charge is -2.25. The summed E-state index contributed by atoms with van der Waals surface area (Å²) < 4.78 is 5.23. The smallest absolute Gasteiger partial charge is 0.322 e. The fourth-order valence-corrected chi connectivity index (χ4v) is 2.44. The van der Waals surface area contributed by atoms with E-state index in [1.54, 1.807) is 36.7 Å². The predicted molar refractivity (Wildman–Crippen MR) is 93.8 cm³/mol. The highest BCUT2D eigenvalue weighted by Gasteiger charge is 2.21. The topological polar surface area (TPSA) is 78.6 Å². The van der Waals surface area contributed by atoms with Gasteiger partial charge in [0.15, 0.2) is 0 Å². The molecule has 128 valence electrons. The first-order chi connectivity index (χ1) is 12.2. The van der Waals surface area contributed by atoms with Crippen molar-refractivity contribution >= 4 is 11.7 Å². The molecule has 0 fully saturated rings. The van der Waals surface area contributed by atoms with Gasteiger partial charge in [-0.3, -0.25) is 4.98 Å². The second-order valence-corrected chi connectivity index (χ2v) is 5.57. The van der Waals surface area contributed by atoms with E-state index in [1.807, 2.05) is 30.3 Å². The van der Waals surface area contributed by atoms with Gasteiger partial charge in [-0.25, -0.2) is 4.79 Å². The van der Waals surface area contributed by atoms with E-state index in [2.05, 4.69) is 10.3 Å². The molecule has 25 heavy (non-hydrogen) atoms. The molecule has 6 nitrogen and oxygen atoms in total. The largest absolute Gasteiger partial charge is 0.467 e. The van der Waals surface area contributed by atoms with Crippen LogP contribution in [-0.4, -0.2) is 27.6 Å². The molecule has 0 aliphatic rings. The van der Waals surface area contributed by atoms with E-state index in [-0.39, 0.29) is 12.6 Å². The van der Waals surface area contributed by atoms with Crippen LogP contribution in [0.1, 0.15) is 17.4 Å². The van der Waals surface area contributed by atoms with Crippen molar-refractivity contribution in [3.05, 3.63) is 84.6 Å². The van der Waals surface area contributed by atoms with Crippen molar-refractivity contribution in [1.29, 1.82) is 0 Å². The molecule has 0 saturated heterocycles. The summed E-state index contributed by atoms with van der Waals surface area (Å²) in [5.74, 6) is 0.423. The van der Waals surface area contributed by atoms with Gasteiger partial charge in [-0.15, -0.1) is 0 Å². The van der Waals surface area contributed by atoms with E-state index in [0.717, 1.165) is 5.56 Å². The SMILES string of the molecule is O=C(Nc1cccnc1)N(Cc1ccccc1)C[C@H](O)c1ccco1. The average Bonchev–Trinajstić information content (AvgIpc) is 3.18. The number of hydrogen-bond donors (Lipinski definition) is 2. The molecule has 1 atom stereocenters. The monoisotopic (exact) mass is 337 g/mol. The van der Waals surface area contributed by atoms with Gasteiger partial charge in [0.2, 0.25) is 0 Å². The third-order valence-electron chi connectivity index (χ3n) is 3.68. The van der Waals surface area contributed by atoms with Crippen LogP contribution in [0.2, 0.25) is 0 Å². The summed E-state index contributed by atoms with van der Waals surface area (Å²) in [6.45, 7) is 0.471. The molecule has 2 amide bonds. The van der Waals surface area contributed by atoms with Crippen molar-refractivity contribution in [2.45, 2.75) is 12.6 Å². The molecule has 2 heterocycles. The lowest BCUT2D eigenvalue weighted by molar-refractivity contribution is 0.105. The molecule has 2 aromatic heterocycles. The van der Waals surface area contributed by atoms with Gasteiger partial charge in [0.1, 0.15) is 11.9 Å². The Labute approximate surface area is 145 Å². The van der Waals surface area contributed by atoms with Crippen LogP contribution in [0.3, 0.4) is 0 Å². The number of amides is 2. The van der Waals surface area contributed by atoms with E-state index in [1.165, 1.54) is 11.2 Å². The fraction of sp³-hybridized carbons (Fsp3) is 0.158. The number of hydrogen-bond acceptors (Lipinski definition) is 4. The number of aliphatic hydroxyl groups excluding tert-OH is 1. The van der Waals surface area contributed by atoms with Gasteiger partial charge in [-0.05, 0) is 29.8 Å². The van der Waals surface area contributed by atoms with Crippen molar-refractivity contribution in [2.24, 2.45) is 0 Å². The molecule has 1 aromatic carbocycles. The number of urea groups is 1. The Bertz CT molecular complexity index is 776. The summed E-state index contributed by atoms with van der Waals surface area (Å²) in [5.41, 5.74) is 1.56. The van der Waals surface area contributed by atoms with Crippen molar-refractivity contribution in [3.63, 3.8) is 0 Å². The van der Waals surface area contributed by atoms with Gasteiger partial charge in [-0.2, -0.15) is 0 Å². The van der Waals surface area contributed by atoms with Gasteiger partial charge in [0.25, 0.3) is 0 Å². The second-order valence-electron chi connectivity index (χ2n) is 5.57. The third kappa shape index (κ3) is 4.68. The summed E-state index contributed by atoms with van der Waals surface area (Å²) in [6.07, 6.45) is 3.80. The summed E-state index contributed by atoms with van der Waals surface area (Å²) in [6, 6.07) is 16.2. The van der Waals surface area contributed by atoms with E-state index in [0.29, 0.717) is 18.0 Å². The van der Waals surface area contributed by atoms with Crippen LogP contribution in [0.15, 0.2) is 77.7 Å². The molecule has 6 heteroatoms. The number of furan rings is 1. The Morgan fingerprint density at radius 2 is 2.00 bits per heavy atom. The summed E-state index contributed by atoms with van der Waals surface area (Å²) in [4.78, 5) is 18.2. The number of carbonyl (C=O) groups excluding carboxylic acids is 1. The van der Waals surface area contributed by atoms with Crippen LogP contribution >= 0.6 is 0 Å². The first-order valence-electron chi connectivity index (χ1n) is 7.94. The lowest BCUT2D eigenvalue weighted by Crippen LogP contribution is -2.37. The van der Waals surface area contributed by atoms with Gasteiger partial charge in [0, 0.05) is 12.7 Å². The molecule has 3 rings (SSSR count). The summed E-state index contributed by atoms with van der Waals surface area (Å²) in [7, 11) is 0. The first kappa shape index (κ1) is 16.7. The van der Waals surface area contributed by atoms with E-state index < -0.39 is 6.10 Å². The highest BCUT2D eigenvalue weighted by atomic mass is 16.4. The maximum Gasteiger partial charge on any atom is 0.322 e. The maximum absolute atomic E-state index is 12.7. The number of aromatic nitrogens is 1. The number of nitrogens with one attached hydrogen (secondary N) is 1. The van der Waals surface area contributed by atoms with Gasteiger partial charge >= 0.3 is 6.03 Å². The minimum absolute atomic E-state index is 0.106. The second kappa shape index (κ2) is 8.12. The Morgan fingerprint density at radius 3 is 2.68 bits per heavy atom. The van der Waals surface area contributed by atoms with Crippen LogP contribution < -0.4 is 5.32 Å². The zero-order valence-electron chi connectivity index (χ0n) is 13.6. The highest BCUT2D eigenvalue weighted by Crippen LogP contribution is 2.17. The minimum Gasteiger partial charge on any atom is -0.467 e. The molecule has 0 aliphatic carbocycles. The van der Waals surface area contributed by atoms with Crippen LogP contribution in [0, 0.1) is 0 Å². The third-order valence-corrected chi connectivity index (χ3v) is 3.68. The van der Waals surface area contributed by atoms with Crippen molar-refractivity contribution < 1.29 is 14.3 Å². The first-order valence-corrected chi connectivity index (χ1v) is 7.94. The van der Waals surface area contributed by atoms with Gasteiger partial charge < -0.3 is 19.7 Å². The number of benzene rings is 1. The van der Waals surface area contributed by atoms with E-state index >= 15 is 0 Å². The normalized spacial score (nSPS) is 11.7. The quantitative estimate of drug-likeness (QED) is 0.722. The van der Waals surface area contributed by atoms with Crippen molar-refractivity contribution in [3.8, 4) is 0 Å². The molecule has 2 N–H and O–H groups in total. The summed E-state index contributed by atoms with van der Waals surface area (Å²) >= 11 is 0. The average molecular weight is 337 g/mol. The minimum atomic E-state index is -0.904. The van der Waals surface area contributed by atoms with E-state index in [4.69, 9.17) is 4.42 Å². The molecule has 0 radical (unpaired) electrons. The number of aliphatic hydroxyl groups is 1. The van der Waals surface area contributed by atoms with Crippen LogP contribution in [0.25, 0.3) is 0 Å². The van der Waals surface area contributed by atoms with Crippen LogP contribution in [-0.2, 0) is 6.54 Å². The molecule has 0 aliphatic heterocycles. The number of anilines is 1. The van der Waals surface area contributed by atoms with Gasteiger partial charge in [-0.1, -0.05) is 30.3 Å². The van der Waals surface area contributed by atoms with Crippen LogP contribution in [0.4, 0.5) is 10.5 Å². The molecule has 0 bridgehead atoms. The predicted octanol–water partition coefficient (Wildman–Crippen LogP) is 3.44. The Hall–Kier alpha value is -3.12. The van der Waals surface area contributed by atoms with Crippen LogP contribution in [0.5, 0.6) is 0 Å². The number of rotatable bonds is 6. The van der Waals surface area contributed by atoms with Gasteiger partial charge in [0.05, 0.1) is 24.7 Å². The Balaban J connectivity index is 1.74. The zero-order chi connectivity index (χ0) is 17.5. The molecule has 0 unspecified atom stereocenters. The molecule has 0 spiro atoms. The maximum atomic E-state index is 12.7. The van der Waals surface area contributed by atoms with Crippen molar-refractivity contribution in [2.75, 3.05) is 11.9 Å². The number of nitrogens with zero attached hydrogens (tertiary/aromatic N) is 2. The molecular weight excluding hydrogens is 318 g/mol. The fourth-order valence-electron chi connectivity index (χ4n) is 2.44. The van der Waals surface area contributed by atoms with E-state index in [9.17, 15) is 9.90 Å². The molecular formula is C19H19N3O3. The Kier molecular flexibility index (Phi) is 5.43. The standard InChI is InChI=1S/C19H19N3O3/c23-17(18-9-5-11-25-18)14-22(13-15-6-2-1-3-7-15)19(24)21-16-8-4-10-20-12-16/h1-12,17,23H,13-14H2,(H,21,24)/t17-/m0/s1.